The third kappa shape index (κ3) is 4.65. The van der Waals surface area contributed by atoms with Gasteiger partial charge in [-0.1, -0.05) is 0 Å². The third-order valence-corrected chi connectivity index (χ3v) is 4.27. The summed E-state index contributed by atoms with van der Waals surface area (Å²) in [5.41, 5.74) is 6.85. The summed E-state index contributed by atoms with van der Waals surface area (Å²) in [6.07, 6.45) is 0. The molecular weight excluding hydrogens is 386 g/mol. The SMILES string of the molecule is CCN1CCN(CC(=O)Nc2ccc(-c3n[nH]c(CN)n3)cc2)C(=O)C1=O.Cl. The number of amides is 3. The van der Waals surface area contributed by atoms with Gasteiger partial charge < -0.3 is 20.9 Å². The Morgan fingerprint density at radius 1 is 1.18 bits per heavy atom. The molecule has 1 aliphatic heterocycles. The molecule has 1 aromatic heterocycles. The monoisotopic (exact) mass is 407 g/mol. The number of carbonyl (C=O) groups excluding carboxylic acids is 3. The summed E-state index contributed by atoms with van der Waals surface area (Å²) in [6.45, 7) is 3.18. The zero-order valence-electron chi connectivity index (χ0n) is 15.3. The minimum absolute atomic E-state index is 0. The van der Waals surface area contributed by atoms with Crippen molar-refractivity contribution < 1.29 is 14.4 Å². The van der Waals surface area contributed by atoms with Crippen molar-refractivity contribution in [3.63, 3.8) is 0 Å². The van der Waals surface area contributed by atoms with Crippen LogP contribution in [0.2, 0.25) is 0 Å². The average molecular weight is 408 g/mol. The highest BCUT2D eigenvalue weighted by atomic mass is 35.5. The highest BCUT2D eigenvalue weighted by Crippen LogP contribution is 2.18. The molecule has 0 saturated carbocycles. The first kappa shape index (κ1) is 21.3. The molecule has 11 heteroatoms. The minimum atomic E-state index is -0.645. The number of likely N-dealkylation sites (N-methyl/N-ethyl adjacent to an activating group) is 1. The van der Waals surface area contributed by atoms with Crippen LogP contribution in [0.1, 0.15) is 12.7 Å². The lowest BCUT2D eigenvalue weighted by atomic mass is 10.2. The molecule has 150 valence electrons. The van der Waals surface area contributed by atoms with E-state index in [1.54, 1.807) is 24.3 Å². The number of hydrogen-bond acceptors (Lipinski definition) is 6. The molecule has 10 nitrogen and oxygen atoms in total. The molecule has 28 heavy (non-hydrogen) atoms. The Hall–Kier alpha value is -2.98. The van der Waals surface area contributed by atoms with Crippen LogP contribution in [0.4, 0.5) is 5.69 Å². The largest absolute Gasteiger partial charge is 0.333 e. The molecule has 1 aliphatic rings. The maximum absolute atomic E-state index is 12.2. The number of anilines is 1. The number of hydrogen-bond donors (Lipinski definition) is 3. The summed E-state index contributed by atoms with van der Waals surface area (Å²) >= 11 is 0. The number of halogens is 1. The summed E-state index contributed by atoms with van der Waals surface area (Å²) in [5, 5.41) is 9.53. The highest BCUT2D eigenvalue weighted by Gasteiger charge is 2.32. The second-order valence-electron chi connectivity index (χ2n) is 6.05. The Morgan fingerprint density at radius 2 is 1.82 bits per heavy atom. The van der Waals surface area contributed by atoms with Gasteiger partial charge in [-0.25, -0.2) is 4.98 Å². The summed E-state index contributed by atoms with van der Waals surface area (Å²) in [7, 11) is 0. The van der Waals surface area contributed by atoms with Gasteiger partial charge in [0.2, 0.25) is 5.91 Å². The fourth-order valence-corrected chi connectivity index (χ4v) is 2.76. The summed E-state index contributed by atoms with van der Waals surface area (Å²) in [5.74, 6) is -0.466. The molecule has 0 spiro atoms. The van der Waals surface area contributed by atoms with E-state index in [0.29, 0.717) is 37.0 Å². The van der Waals surface area contributed by atoms with Crippen LogP contribution >= 0.6 is 12.4 Å². The van der Waals surface area contributed by atoms with E-state index in [4.69, 9.17) is 5.73 Å². The van der Waals surface area contributed by atoms with Crippen LogP contribution in [-0.4, -0.2) is 68.9 Å². The van der Waals surface area contributed by atoms with Gasteiger partial charge in [0.1, 0.15) is 12.4 Å². The molecule has 2 aromatic rings. The van der Waals surface area contributed by atoms with Gasteiger partial charge in [0.15, 0.2) is 5.82 Å². The molecule has 0 unspecified atom stereocenters. The van der Waals surface area contributed by atoms with E-state index < -0.39 is 11.8 Å². The number of nitrogens with zero attached hydrogens (tertiary/aromatic N) is 4. The van der Waals surface area contributed by atoms with Crippen molar-refractivity contribution in [2.24, 2.45) is 5.73 Å². The molecule has 2 heterocycles. The topological polar surface area (TPSA) is 137 Å². The molecular formula is C17H22ClN7O3. The van der Waals surface area contributed by atoms with Crippen LogP contribution in [0.3, 0.4) is 0 Å². The maximum Gasteiger partial charge on any atom is 0.312 e. The lowest BCUT2D eigenvalue weighted by Crippen LogP contribution is -2.55. The van der Waals surface area contributed by atoms with Gasteiger partial charge >= 0.3 is 11.8 Å². The molecule has 1 aromatic carbocycles. The van der Waals surface area contributed by atoms with Gasteiger partial charge in [0, 0.05) is 30.9 Å². The summed E-state index contributed by atoms with van der Waals surface area (Å²) in [4.78, 5) is 43.1. The number of benzene rings is 1. The van der Waals surface area contributed by atoms with Crippen LogP contribution < -0.4 is 11.1 Å². The van der Waals surface area contributed by atoms with Crippen LogP contribution in [0.25, 0.3) is 11.4 Å². The summed E-state index contributed by atoms with van der Waals surface area (Å²) in [6, 6.07) is 6.98. The molecule has 0 radical (unpaired) electrons. The quantitative estimate of drug-likeness (QED) is 0.575. The van der Waals surface area contributed by atoms with Crippen LogP contribution in [0.5, 0.6) is 0 Å². The van der Waals surface area contributed by atoms with Crippen molar-refractivity contribution in [3.05, 3.63) is 30.1 Å². The Kier molecular flexibility index (Phi) is 7.07. The number of rotatable bonds is 6. The molecule has 3 rings (SSSR count). The van der Waals surface area contributed by atoms with Crippen LogP contribution in [0.15, 0.2) is 24.3 Å². The number of nitrogens with one attached hydrogen (secondary N) is 2. The Morgan fingerprint density at radius 3 is 2.43 bits per heavy atom. The predicted octanol–water partition coefficient (Wildman–Crippen LogP) is -0.0186. The minimum Gasteiger partial charge on any atom is -0.333 e. The van der Waals surface area contributed by atoms with E-state index in [1.165, 1.54) is 9.80 Å². The van der Waals surface area contributed by atoms with E-state index in [1.807, 2.05) is 6.92 Å². The first-order chi connectivity index (χ1) is 13.0. The van der Waals surface area contributed by atoms with Gasteiger partial charge in [-0.05, 0) is 31.2 Å². The van der Waals surface area contributed by atoms with Crippen molar-refractivity contribution in [2.45, 2.75) is 13.5 Å². The van der Waals surface area contributed by atoms with Crippen LogP contribution in [0, 0.1) is 0 Å². The van der Waals surface area contributed by atoms with Crippen molar-refractivity contribution in [2.75, 3.05) is 31.5 Å². The second kappa shape index (κ2) is 9.29. The van der Waals surface area contributed by atoms with Crippen molar-refractivity contribution in [3.8, 4) is 11.4 Å². The fraction of sp³-hybridized carbons (Fsp3) is 0.353. The zero-order chi connectivity index (χ0) is 19.4. The Balaban J connectivity index is 0.00000280. The van der Waals surface area contributed by atoms with Gasteiger partial charge in [-0.3, -0.25) is 19.5 Å². The first-order valence-corrected chi connectivity index (χ1v) is 8.61. The molecule has 1 saturated heterocycles. The average Bonchev–Trinajstić information content (AvgIpc) is 3.15. The van der Waals surface area contributed by atoms with E-state index in [2.05, 4.69) is 20.5 Å². The maximum atomic E-state index is 12.2. The molecule has 0 bridgehead atoms. The van der Waals surface area contributed by atoms with E-state index in [0.717, 1.165) is 5.56 Å². The third-order valence-electron chi connectivity index (χ3n) is 4.27. The summed E-state index contributed by atoms with van der Waals surface area (Å²) < 4.78 is 0. The van der Waals surface area contributed by atoms with Crippen LogP contribution in [-0.2, 0) is 20.9 Å². The van der Waals surface area contributed by atoms with E-state index in [-0.39, 0.29) is 31.4 Å². The van der Waals surface area contributed by atoms with Crippen molar-refractivity contribution in [1.82, 2.24) is 25.0 Å². The second-order valence-corrected chi connectivity index (χ2v) is 6.05. The smallest absolute Gasteiger partial charge is 0.312 e. The highest BCUT2D eigenvalue weighted by molar-refractivity contribution is 6.35. The first-order valence-electron chi connectivity index (χ1n) is 8.61. The molecule has 4 N–H and O–H groups in total. The fourth-order valence-electron chi connectivity index (χ4n) is 2.76. The van der Waals surface area contributed by atoms with Crippen molar-refractivity contribution >= 4 is 35.8 Å². The zero-order valence-corrected chi connectivity index (χ0v) is 16.2. The lowest BCUT2D eigenvalue weighted by Gasteiger charge is -2.32. The van der Waals surface area contributed by atoms with Crippen molar-refractivity contribution in [1.29, 1.82) is 0 Å². The Bertz CT molecular complexity index is 853. The number of nitrogens with two attached hydrogens (primary N) is 1. The molecule has 0 atom stereocenters. The normalized spacial score (nSPS) is 14.1. The number of aromatic amines is 1. The van der Waals surface area contributed by atoms with Gasteiger partial charge in [0.05, 0.1) is 6.54 Å². The lowest BCUT2D eigenvalue weighted by molar-refractivity contribution is -0.156. The molecule has 0 aliphatic carbocycles. The van der Waals surface area contributed by atoms with E-state index in [9.17, 15) is 14.4 Å². The van der Waals surface area contributed by atoms with Gasteiger partial charge in [-0.15, -0.1) is 12.4 Å². The predicted molar refractivity (Wildman–Crippen MR) is 104 cm³/mol. The number of piperazine rings is 1. The molecule has 1 fully saturated rings. The Labute approximate surface area is 167 Å². The number of carbonyl (C=O) groups is 3. The van der Waals surface area contributed by atoms with Gasteiger partial charge in [-0.2, -0.15) is 5.10 Å². The van der Waals surface area contributed by atoms with E-state index >= 15 is 0 Å². The van der Waals surface area contributed by atoms with Gasteiger partial charge in [0.25, 0.3) is 0 Å². The molecule has 3 amide bonds. The number of aromatic nitrogens is 3. The number of H-pyrrole nitrogens is 1. The standard InChI is InChI=1S/C17H21N7O3.ClH/c1-2-23-7-8-24(17(27)16(23)26)10-14(25)19-12-5-3-11(4-6-12)15-20-13(9-18)21-22-15;/h3-6H,2,7-10,18H2,1H3,(H,19,25)(H,20,21,22);1H.